The first-order chi connectivity index (χ1) is 12.8. The highest BCUT2D eigenvalue weighted by Crippen LogP contribution is 2.24. The van der Waals surface area contributed by atoms with Crippen LogP contribution in [-0.2, 0) is 19.6 Å². The number of allylic oxidation sites excluding steroid dienone is 1. The lowest BCUT2D eigenvalue weighted by atomic mass is 9.96. The molecule has 1 heterocycles. The summed E-state index contributed by atoms with van der Waals surface area (Å²) in [5, 5.41) is 11.8. The fraction of sp³-hybridized carbons (Fsp3) is 0.474. The molecule has 7 nitrogen and oxygen atoms in total. The van der Waals surface area contributed by atoms with Crippen LogP contribution in [0.25, 0.3) is 0 Å². The molecule has 0 aliphatic carbocycles. The quantitative estimate of drug-likeness (QED) is 0.688. The minimum Gasteiger partial charge on any atom is -0.480 e. The molecule has 1 amide bonds. The molecule has 2 rings (SSSR count). The van der Waals surface area contributed by atoms with E-state index in [-0.39, 0.29) is 36.2 Å². The number of carbonyl (C=O) groups is 2. The summed E-state index contributed by atoms with van der Waals surface area (Å²) in [5.41, 5.74) is 0.982. The van der Waals surface area contributed by atoms with Crippen molar-refractivity contribution >= 4 is 21.9 Å². The molecule has 0 radical (unpaired) electrons. The summed E-state index contributed by atoms with van der Waals surface area (Å²) in [6.45, 7) is 4.15. The first-order valence-electron chi connectivity index (χ1n) is 8.97. The largest absolute Gasteiger partial charge is 0.480 e. The molecule has 0 bridgehead atoms. The molecular weight excluding hydrogens is 368 g/mol. The molecule has 0 saturated carbocycles. The number of sulfonamides is 1. The van der Waals surface area contributed by atoms with Crippen LogP contribution in [0.3, 0.4) is 0 Å². The second-order valence-electron chi connectivity index (χ2n) is 6.70. The van der Waals surface area contributed by atoms with Crippen molar-refractivity contribution in [3.8, 4) is 0 Å². The molecule has 1 aliphatic heterocycles. The van der Waals surface area contributed by atoms with E-state index >= 15 is 0 Å². The predicted octanol–water partition coefficient (Wildman–Crippen LogP) is 1.93. The Morgan fingerprint density at radius 3 is 2.37 bits per heavy atom. The Balaban J connectivity index is 1.96. The summed E-state index contributed by atoms with van der Waals surface area (Å²) in [6.07, 6.45) is 4.38. The summed E-state index contributed by atoms with van der Waals surface area (Å²) >= 11 is 0. The van der Waals surface area contributed by atoms with E-state index < -0.39 is 22.0 Å². The van der Waals surface area contributed by atoms with Gasteiger partial charge in [0.15, 0.2) is 0 Å². The van der Waals surface area contributed by atoms with Gasteiger partial charge in [-0.25, -0.2) is 13.2 Å². The van der Waals surface area contributed by atoms with Crippen molar-refractivity contribution < 1.29 is 23.1 Å². The molecule has 1 unspecified atom stereocenters. The zero-order chi connectivity index (χ0) is 20.0. The van der Waals surface area contributed by atoms with E-state index in [9.17, 15) is 23.1 Å². The van der Waals surface area contributed by atoms with E-state index in [1.54, 1.807) is 43.3 Å². The van der Waals surface area contributed by atoms with Crippen molar-refractivity contribution in [2.24, 2.45) is 5.92 Å². The van der Waals surface area contributed by atoms with Crippen molar-refractivity contribution in [1.82, 2.24) is 9.62 Å². The van der Waals surface area contributed by atoms with E-state index in [2.05, 4.69) is 5.32 Å². The number of nitrogens with zero attached hydrogens (tertiary/aromatic N) is 1. The van der Waals surface area contributed by atoms with Crippen molar-refractivity contribution in [3.63, 3.8) is 0 Å². The number of piperidine rings is 1. The topological polar surface area (TPSA) is 104 Å². The Morgan fingerprint density at radius 2 is 1.85 bits per heavy atom. The molecule has 1 aliphatic rings. The second-order valence-corrected chi connectivity index (χ2v) is 8.63. The number of hydrogen-bond acceptors (Lipinski definition) is 4. The minimum absolute atomic E-state index is 0.220. The SMILES string of the molecule is C/C=C/CC(NC(=O)C1CCN(S(=O)(=O)c2ccc(C)cc2)CC1)C(=O)O. The van der Waals surface area contributed by atoms with Gasteiger partial charge in [0.05, 0.1) is 4.90 Å². The van der Waals surface area contributed by atoms with Gasteiger partial charge in [-0.15, -0.1) is 0 Å². The summed E-state index contributed by atoms with van der Waals surface area (Å²) in [7, 11) is -3.58. The van der Waals surface area contributed by atoms with E-state index in [4.69, 9.17) is 0 Å². The van der Waals surface area contributed by atoms with Gasteiger partial charge in [0, 0.05) is 19.0 Å². The van der Waals surface area contributed by atoms with Crippen molar-refractivity contribution in [1.29, 1.82) is 0 Å². The maximum atomic E-state index is 12.7. The van der Waals surface area contributed by atoms with Gasteiger partial charge in [0.25, 0.3) is 0 Å². The normalized spacial score (nSPS) is 17.7. The van der Waals surface area contributed by atoms with Crippen molar-refractivity contribution in [2.45, 2.75) is 44.0 Å². The van der Waals surface area contributed by atoms with Crippen LogP contribution in [0.5, 0.6) is 0 Å². The van der Waals surface area contributed by atoms with Crippen molar-refractivity contribution in [3.05, 3.63) is 42.0 Å². The summed E-state index contributed by atoms with van der Waals surface area (Å²) in [6, 6.07) is 5.71. The highest BCUT2D eigenvalue weighted by molar-refractivity contribution is 7.89. The van der Waals surface area contributed by atoms with Crippen molar-refractivity contribution in [2.75, 3.05) is 13.1 Å². The number of amides is 1. The number of nitrogens with one attached hydrogen (secondary N) is 1. The van der Waals surface area contributed by atoms with Crippen LogP contribution in [0, 0.1) is 12.8 Å². The lowest BCUT2D eigenvalue weighted by Gasteiger charge is -2.31. The zero-order valence-corrected chi connectivity index (χ0v) is 16.4. The maximum absolute atomic E-state index is 12.7. The molecule has 8 heteroatoms. The smallest absolute Gasteiger partial charge is 0.326 e. The average Bonchev–Trinajstić information content (AvgIpc) is 2.65. The molecule has 1 fully saturated rings. The maximum Gasteiger partial charge on any atom is 0.326 e. The number of hydrogen-bond donors (Lipinski definition) is 2. The molecule has 1 aromatic carbocycles. The lowest BCUT2D eigenvalue weighted by molar-refractivity contribution is -0.142. The summed E-state index contributed by atoms with van der Waals surface area (Å²) in [5.74, 6) is -1.80. The number of carboxylic acid groups (broad SMARTS) is 1. The monoisotopic (exact) mass is 394 g/mol. The molecule has 1 aromatic rings. The van der Waals surface area contributed by atoms with Gasteiger partial charge in [-0.3, -0.25) is 4.79 Å². The van der Waals surface area contributed by atoms with Crippen LogP contribution >= 0.6 is 0 Å². The number of carbonyl (C=O) groups excluding carboxylic acids is 1. The minimum atomic E-state index is -3.58. The Bertz CT molecular complexity index is 794. The first kappa shape index (κ1) is 21.1. The van der Waals surface area contributed by atoms with Crippen LogP contribution in [-0.4, -0.2) is 48.8 Å². The van der Waals surface area contributed by atoms with Gasteiger partial charge >= 0.3 is 5.97 Å². The molecule has 0 spiro atoms. The fourth-order valence-corrected chi connectivity index (χ4v) is 4.47. The zero-order valence-electron chi connectivity index (χ0n) is 15.6. The Kier molecular flexibility index (Phi) is 7.15. The van der Waals surface area contributed by atoms with E-state index in [1.807, 2.05) is 6.92 Å². The third-order valence-electron chi connectivity index (χ3n) is 4.71. The molecule has 1 saturated heterocycles. The van der Waals surface area contributed by atoms with Gasteiger partial charge < -0.3 is 10.4 Å². The third kappa shape index (κ3) is 5.40. The van der Waals surface area contributed by atoms with Crippen LogP contribution in [0.4, 0.5) is 0 Å². The number of aliphatic carboxylic acids is 1. The van der Waals surface area contributed by atoms with Gasteiger partial charge in [-0.05, 0) is 45.2 Å². The van der Waals surface area contributed by atoms with Gasteiger partial charge in [-0.1, -0.05) is 29.8 Å². The average molecular weight is 394 g/mol. The first-order valence-corrected chi connectivity index (χ1v) is 10.4. The summed E-state index contributed by atoms with van der Waals surface area (Å²) < 4.78 is 26.8. The summed E-state index contributed by atoms with van der Waals surface area (Å²) in [4.78, 5) is 23.9. The molecule has 148 valence electrons. The number of benzene rings is 1. The van der Waals surface area contributed by atoms with Crippen LogP contribution in [0.15, 0.2) is 41.3 Å². The van der Waals surface area contributed by atoms with Gasteiger partial charge in [-0.2, -0.15) is 4.31 Å². The Labute approximate surface area is 160 Å². The number of carboxylic acids is 1. The van der Waals surface area contributed by atoms with Crippen LogP contribution < -0.4 is 5.32 Å². The number of aryl methyl sites for hydroxylation is 1. The van der Waals surface area contributed by atoms with E-state index in [0.29, 0.717) is 12.8 Å². The molecule has 27 heavy (non-hydrogen) atoms. The second kappa shape index (κ2) is 9.14. The van der Waals surface area contributed by atoms with E-state index in [1.165, 1.54) is 4.31 Å². The molecular formula is C19H26N2O5S. The third-order valence-corrected chi connectivity index (χ3v) is 6.62. The lowest BCUT2D eigenvalue weighted by Crippen LogP contribution is -2.47. The van der Waals surface area contributed by atoms with Crippen LogP contribution in [0.1, 0.15) is 31.7 Å². The Morgan fingerprint density at radius 1 is 1.26 bits per heavy atom. The predicted molar refractivity (Wildman–Crippen MR) is 102 cm³/mol. The molecule has 2 N–H and O–H groups in total. The highest BCUT2D eigenvalue weighted by Gasteiger charge is 2.33. The molecule has 1 atom stereocenters. The standard InChI is InChI=1S/C19H26N2O5S/c1-3-4-5-17(19(23)24)20-18(22)15-10-12-21(13-11-15)27(25,26)16-8-6-14(2)7-9-16/h3-4,6-9,15,17H,5,10-13H2,1-2H3,(H,20,22)(H,23,24)/b4-3+. The van der Waals surface area contributed by atoms with Gasteiger partial charge in [0.2, 0.25) is 15.9 Å². The molecule has 0 aromatic heterocycles. The number of rotatable bonds is 7. The van der Waals surface area contributed by atoms with Gasteiger partial charge in [0.1, 0.15) is 6.04 Å². The van der Waals surface area contributed by atoms with E-state index in [0.717, 1.165) is 5.56 Å². The van der Waals surface area contributed by atoms with Crippen LogP contribution in [0.2, 0.25) is 0 Å². The highest BCUT2D eigenvalue weighted by atomic mass is 32.2. The fourth-order valence-electron chi connectivity index (χ4n) is 3.00. The Hall–Kier alpha value is -2.19.